The molecular weight excluding hydrogens is 400 g/mol. The van der Waals surface area contributed by atoms with Crippen LogP contribution in [0.5, 0.6) is 5.75 Å². The Balaban J connectivity index is 1.36. The van der Waals surface area contributed by atoms with E-state index in [1.807, 2.05) is 42.5 Å². The lowest BCUT2D eigenvalue weighted by Gasteiger charge is -2.23. The maximum atomic E-state index is 12.9. The van der Waals surface area contributed by atoms with Crippen molar-refractivity contribution in [1.82, 2.24) is 9.62 Å². The number of amides is 1. The molecule has 156 valence electrons. The molecule has 1 amide bonds. The molecule has 1 unspecified atom stereocenters. The van der Waals surface area contributed by atoms with Crippen molar-refractivity contribution in [3.8, 4) is 5.75 Å². The number of benzene rings is 3. The summed E-state index contributed by atoms with van der Waals surface area (Å²) in [5.74, 6) is 0.477. The van der Waals surface area contributed by atoms with Crippen LogP contribution < -0.4 is 10.1 Å². The number of sulfonamides is 1. The van der Waals surface area contributed by atoms with Crippen LogP contribution in [0.3, 0.4) is 0 Å². The Hall–Kier alpha value is -2.90. The fourth-order valence-electron chi connectivity index (χ4n) is 3.79. The van der Waals surface area contributed by atoms with Crippen LogP contribution in [0.4, 0.5) is 0 Å². The maximum Gasteiger partial charge on any atom is 0.243 e. The van der Waals surface area contributed by atoms with E-state index in [1.165, 1.54) is 4.31 Å². The molecule has 0 spiro atoms. The van der Waals surface area contributed by atoms with Gasteiger partial charge in [-0.1, -0.05) is 54.6 Å². The lowest BCUT2D eigenvalue weighted by Crippen LogP contribution is -2.46. The van der Waals surface area contributed by atoms with Gasteiger partial charge in [-0.3, -0.25) is 4.79 Å². The van der Waals surface area contributed by atoms with Gasteiger partial charge in [-0.05, 0) is 36.4 Å². The number of ether oxygens (including phenoxy) is 1. The fourth-order valence-corrected chi connectivity index (χ4v) is 5.47. The van der Waals surface area contributed by atoms with Crippen molar-refractivity contribution in [3.63, 3.8) is 0 Å². The number of carbonyl (C=O) groups is 1. The third kappa shape index (κ3) is 4.17. The van der Waals surface area contributed by atoms with Crippen molar-refractivity contribution in [2.45, 2.75) is 23.8 Å². The third-order valence-corrected chi connectivity index (χ3v) is 7.19. The van der Waals surface area contributed by atoms with Crippen LogP contribution >= 0.6 is 0 Å². The number of nitrogens with zero attached hydrogens (tertiary/aromatic N) is 1. The van der Waals surface area contributed by atoms with E-state index >= 15 is 0 Å². The molecule has 1 heterocycles. The SMILES string of the molecule is O=C(NCCOc1cccc2ccccc12)C1CCCN1S(=O)(=O)c1ccccc1. The van der Waals surface area contributed by atoms with Crippen LogP contribution in [0.25, 0.3) is 10.8 Å². The average Bonchev–Trinajstić information content (AvgIpc) is 3.28. The highest BCUT2D eigenvalue weighted by atomic mass is 32.2. The van der Waals surface area contributed by atoms with Crippen molar-refractivity contribution >= 4 is 26.7 Å². The molecule has 0 aromatic heterocycles. The van der Waals surface area contributed by atoms with Crippen molar-refractivity contribution in [1.29, 1.82) is 0 Å². The third-order valence-electron chi connectivity index (χ3n) is 5.26. The van der Waals surface area contributed by atoms with Crippen LogP contribution in [-0.4, -0.2) is 44.4 Å². The molecule has 3 aromatic carbocycles. The Kier molecular flexibility index (Phi) is 6.01. The standard InChI is InChI=1S/C23H24N2O4S/c26-23(21-13-7-16-25(21)30(27,28)19-10-2-1-3-11-19)24-15-17-29-22-14-6-9-18-8-4-5-12-20(18)22/h1-6,8-12,14,21H,7,13,15-17H2,(H,24,26). The van der Waals surface area contributed by atoms with E-state index in [-0.39, 0.29) is 10.8 Å². The highest BCUT2D eigenvalue weighted by molar-refractivity contribution is 7.89. The number of hydrogen-bond acceptors (Lipinski definition) is 4. The topological polar surface area (TPSA) is 75.7 Å². The number of fused-ring (bicyclic) bond motifs is 1. The summed E-state index contributed by atoms with van der Waals surface area (Å²) in [6.45, 7) is 0.956. The van der Waals surface area contributed by atoms with E-state index in [4.69, 9.17) is 4.74 Å². The highest BCUT2D eigenvalue weighted by Gasteiger charge is 2.39. The second-order valence-electron chi connectivity index (χ2n) is 7.20. The molecule has 7 heteroatoms. The molecule has 0 saturated carbocycles. The Labute approximate surface area is 176 Å². The van der Waals surface area contributed by atoms with Gasteiger partial charge in [0.1, 0.15) is 18.4 Å². The van der Waals surface area contributed by atoms with Gasteiger partial charge in [-0.25, -0.2) is 8.42 Å². The summed E-state index contributed by atoms with van der Waals surface area (Å²) < 4.78 is 33.0. The van der Waals surface area contributed by atoms with Crippen molar-refractivity contribution in [2.75, 3.05) is 19.7 Å². The molecule has 6 nitrogen and oxygen atoms in total. The normalized spacial score (nSPS) is 17.1. The molecule has 4 rings (SSSR count). The van der Waals surface area contributed by atoms with Crippen LogP contribution in [0.1, 0.15) is 12.8 Å². The van der Waals surface area contributed by atoms with Gasteiger partial charge in [-0.15, -0.1) is 0 Å². The van der Waals surface area contributed by atoms with Crippen molar-refractivity contribution in [2.24, 2.45) is 0 Å². The van der Waals surface area contributed by atoms with E-state index < -0.39 is 16.1 Å². The van der Waals surface area contributed by atoms with Crippen LogP contribution in [0.15, 0.2) is 77.7 Å². The molecule has 30 heavy (non-hydrogen) atoms. The molecule has 3 aromatic rings. The zero-order valence-corrected chi connectivity index (χ0v) is 17.3. The number of nitrogens with one attached hydrogen (secondary N) is 1. The Morgan fingerprint density at radius 3 is 2.57 bits per heavy atom. The van der Waals surface area contributed by atoms with Crippen LogP contribution in [0.2, 0.25) is 0 Å². The van der Waals surface area contributed by atoms with E-state index in [1.54, 1.807) is 30.3 Å². The lowest BCUT2D eigenvalue weighted by molar-refractivity contribution is -0.124. The van der Waals surface area contributed by atoms with Crippen molar-refractivity contribution in [3.05, 3.63) is 72.8 Å². The molecule has 1 N–H and O–H groups in total. The maximum absolute atomic E-state index is 12.9. The van der Waals surface area contributed by atoms with E-state index in [0.717, 1.165) is 16.5 Å². The summed E-state index contributed by atoms with van der Waals surface area (Å²) in [5.41, 5.74) is 0. The zero-order chi connectivity index (χ0) is 21.0. The van der Waals surface area contributed by atoms with Gasteiger partial charge in [0.05, 0.1) is 11.4 Å². The predicted molar refractivity (Wildman–Crippen MR) is 116 cm³/mol. The fraction of sp³-hybridized carbons (Fsp3) is 0.261. The Morgan fingerprint density at radius 1 is 1.00 bits per heavy atom. The van der Waals surface area contributed by atoms with Gasteiger partial charge < -0.3 is 10.1 Å². The summed E-state index contributed by atoms with van der Waals surface area (Å²) in [4.78, 5) is 12.9. The number of hydrogen-bond donors (Lipinski definition) is 1. The quantitative estimate of drug-likeness (QED) is 0.591. The number of carbonyl (C=O) groups excluding carboxylic acids is 1. The summed E-state index contributed by atoms with van der Waals surface area (Å²) in [6, 6.07) is 21.4. The second kappa shape index (κ2) is 8.85. The molecule has 1 atom stereocenters. The largest absolute Gasteiger partial charge is 0.491 e. The first-order chi connectivity index (χ1) is 14.6. The van der Waals surface area contributed by atoms with E-state index in [9.17, 15) is 13.2 Å². The summed E-state index contributed by atoms with van der Waals surface area (Å²) in [5, 5.41) is 4.93. The average molecular weight is 425 g/mol. The van der Waals surface area contributed by atoms with Gasteiger partial charge in [-0.2, -0.15) is 4.31 Å². The first-order valence-corrected chi connectivity index (χ1v) is 11.5. The highest BCUT2D eigenvalue weighted by Crippen LogP contribution is 2.26. The zero-order valence-electron chi connectivity index (χ0n) is 16.5. The summed E-state index contributed by atoms with van der Waals surface area (Å²) in [7, 11) is -3.69. The minimum atomic E-state index is -3.69. The summed E-state index contributed by atoms with van der Waals surface area (Å²) >= 11 is 0. The Bertz CT molecular complexity index is 1130. The van der Waals surface area contributed by atoms with Gasteiger partial charge in [0.2, 0.25) is 15.9 Å². The molecule has 1 aliphatic rings. The first-order valence-electron chi connectivity index (χ1n) is 10.0. The lowest BCUT2D eigenvalue weighted by atomic mass is 10.1. The van der Waals surface area contributed by atoms with Gasteiger partial charge >= 0.3 is 0 Å². The van der Waals surface area contributed by atoms with Crippen molar-refractivity contribution < 1.29 is 17.9 Å². The smallest absolute Gasteiger partial charge is 0.243 e. The second-order valence-corrected chi connectivity index (χ2v) is 9.09. The first kappa shape index (κ1) is 20.4. The molecule has 1 fully saturated rings. The molecule has 1 aliphatic heterocycles. The van der Waals surface area contributed by atoms with Gasteiger partial charge in [0.25, 0.3) is 0 Å². The minimum absolute atomic E-state index is 0.212. The molecule has 0 aliphatic carbocycles. The van der Waals surface area contributed by atoms with Crippen LogP contribution in [-0.2, 0) is 14.8 Å². The van der Waals surface area contributed by atoms with E-state index in [0.29, 0.717) is 32.5 Å². The minimum Gasteiger partial charge on any atom is -0.491 e. The monoisotopic (exact) mass is 424 g/mol. The molecule has 0 radical (unpaired) electrons. The molecular formula is C23H24N2O4S. The summed E-state index contributed by atoms with van der Waals surface area (Å²) in [6.07, 6.45) is 1.18. The number of rotatable bonds is 7. The van der Waals surface area contributed by atoms with E-state index in [2.05, 4.69) is 5.32 Å². The molecule has 1 saturated heterocycles. The predicted octanol–water partition coefficient (Wildman–Crippen LogP) is 3.19. The Morgan fingerprint density at radius 2 is 1.73 bits per heavy atom. The van der Waals surface area contributed by atoms with Gasteiger partial charge in [0.15, 0.2) is 0 Å². The van der Waals surface area contributed by atoms with Crippen LogP contribution in [0, 0.1) is 0 Å². The molecule has 0 bridgehead atoms. The van der Waals surface area contributed by atoms with Gasteiger partial charge in [0, 0.05) is 11.9 Å².